The normalized spacial score (nSPS) is 9.24. The van der Waals surface area contributed by atoms with Crippen molar-refractivity contribution < 1.29 is 122 Å². The van der Waals surface area contributed by atoms with Gasteiger partial charge in [0.05, 0.1) is 78.0 Å². The predicted octanol–water partition coefficient (Wildman–Crippen LogP) is 16.3. The average molecular weight is 1660 g/mol. The van der Waals surface area contributed by atoms with Crippen molar-refractivity contribution in [1.29, 1.82) is 0 Å². The van der Waals surface area contributed by atoms with Crippen LogP contribution in [0.1, 0.15) is 158 Å². The number of aldehydes is 12. The van der Waals surface area contributed by atoms with Crippen LogP contribution in [0.3, 0.4) is 0 Å². The molecule has 2 aromatic heterocycles. The maximum absolute atomic E-state index is 12.4. The van der Waals surface area contributed by atoms with Gasteiger partial charge in [0.2, 0.25) is 0 Å². The minimum atomic E-state index is -0.774. The number of aryl methyl sites for hydroxylation is 6. The van der Waals surface area contributed by atoms with Crippen LogP contribution in [0.4, 0.5) is 8.78 Å². The largest absolute Gasteiger partial charge is 0.507 e. The number of aromatic amines is 1. The highest BCUT2D eigenvalue weighted by Gasteiger charge is 2.08. The molecule has 12 rings (SSSR count). The molecule has 0 unspecified atom stereocenters. The first kappa shape index (κ1) is 101. The highest BCUT2D eigenvalue weighted by atomic mass is 35.5. The molecule has 0 spiro atoms. The van der Waals surface area contributed by atoms with Gasteiger partial charge in [-0.15, -0.1) is 0 Å². The number of nitrogens with one attached hydrogen (secondary N) is 1. The molecule has 118 heavy (non-hydrogen) atoms. The number of rotatable bonds is 12. The smallest absolute Gasteiger partial charge is 0.192 e. The SMILES string of the molecule is Cc1ccc(C=O)c(O)c1.Cc1ccc(C=O)c(O)c1.Cc1ccc(C=O)c(O)c1.Cc1cccc(C=O)c1O.Cc1cccc(C=O)c1O.Cc1cccc(C=O)c1O.O=Cc1c[nH]ccc1=O.O=Cc1ccc(Cl)cc1O.O=Cc1ccc(F)cc1O.O=Cc1cccc(Cl)c1O.O=Cc1cccc(F)c1O.O=Cc1ccncc1O. The lowest BCUT2D eigenvalue weighted by molar-refractivity contribution is 0.111. The lowest BCUT2D eigenvalue weighted by atomic mass is 10.1. The Labute approximate surface area is 683 Å². The average Bonchev–Trinajstić information content (AvgIpc) is 0.892. The number of para-hydroxylation sites is 5. The van der Waals surface area contributed by atoms with Gasteiger partial charge in [-0.05, 0) is 190 Å². The molecular weight excluding hydrogens is 1580 g/mol. The van der Waals surface area contributed by atoms with Gasteiger partial charge >= 0.3 is 0 Å². The van der Waals surface area contributed by atoms with E-state index in [9.17, 15) is 71.1 Å². The van der Waals surface area contributed by atoms with Gasteiger partial charge in [-0.3, -0.25) is 67.3 Å². The van der Waals surface area contributed by atoms with Gasteiger partial charge in [0.25, 0.3) is 0 Å². The fourth-order valence-electron chi connectivity index (χ4n) is 8.10. The molecule has 2 heterocycles. The summed E-state index contributed by atoms with van der Waals surface area (Å²) in [5.41, 5.74) is 7.81. The molecule has 612 valence electrons. The predicted molar refractivity (Wildman–Crippen MR) is 437 cm³/mol. The molecule has 12 N–H and O–H groups in total. The van der Waals surface area contributed by atoms with E-state index in [2.05, 4.69) is 9.97 Å². The summed E-state index contributed by atoms with van der Waals surface area (Å²) in [6.07, 6.45) is 12.5. The van der Waals surface area contributed by atoms with Gasteiger partial charge in [-0.2, -0.15) is 0 Å². The zero-order chi connectivity index (χ0) is 89.0. The maximum Gasteiger partial charge on any atom is 0.192 e. The van der Waals surface area contributed by atoms with Crippen LogP contribution in [-0.2, 0) is 0 Å². The van der Waals surface area contributed by atoms with Crippen LogP contribution in [0.15, 0.2) is 224 Å². The Morgan fingerprint density at radius 1 is 0.305 bits per heavy atom. The fraction of sp³-hybridized carbons (Fsp3) is 0.0682. The summed E-state index contributed by atoms with van der Waals surface area (Å²) in [5, 5.41) is 99.7. The van der Waals surface area contributed by atoms with Gasteiger partial charge in [0.1, 0.15) is 63.3 Å². The topological polar surface area (TPSA) is 473 Å². The first-order valence-corrected chi connectivity index (χ1v) is 34.3. The Balaban J connectivity index is 0.000000644. The van der Waals surface area contributed by atoms with Crippen molar-refractivity contribution in [2.45, 2.75) is 41.5 Å². The van der Waals surface area contributed by atoms with Crippen molar-refractivity contribution in [3.05, 3.63) is 351 Å². The molecule has 12 aromatic rings. The molecule has 0 aliphatic carbocycles. The number of nitrogens with zero attached hydrogens (tertiary/aromatic N) is 1. The number of H-pyrrole nitrogens is 1. The van der Waals surface area contributed by atoms with E-state index in [1.165, 1.54) is 79.4 Å². The number of hydrogen-bond donors (Lipinski definition) is 12. The summed E-state index contributed by atoms with van der Waals surface area (Å²) >= 11 is 11.0. The maximum atomic E-state index is 12.4. The number of benzene rings is 10. The number of phenolic OH excluding ortho intramolecular Hbond substituents is 10. The molecule has 0 aliphatic heterocycles. The van der Waals surface area contributed by atoms with Crippen molar-refractivity contribution >= 4 is 98.6 Å². The minimum absolute atomic E-state index is 0.0278. The first-order valence-electron chi connectivity index (χ1n) is 33.5. The van der Waals surface area contributed by atoms with Gasteiger partial charge in [0, 0.05) is 35.7 Å². The molecule has 0 saturated carbocycles. The number of phenols is 10. The third-order valence-electron chi connectivity index (χ3n) is 14.6. The van der Waals surface area contributed by atoms with Gasteiger partial charge in [0.15, 0.2) is 92.4 Å². The molecule has 0 fully saturated rings. The third kappa shape index (κ3) is 36.4. The molecular formula is C88H78Cl2F2N2O24. The number of carbonyl (C=O) groups excluding carboxylic acids is 12. The molecule has 30 heteroatoms. The van der Waals surface area contributed by atoms with E-state index in [1.54, 1.807) is 142 Å². The van der Waals surface area contributed by atoms with Crippen molar-refractivity contribution in [3.8, 4) is 63.2 Å². The molecule has 10 aromatic carbocycles. The monoisotopic (exact) mass is 1650 g/mol. The Hall–Kier alpha value is -15.4. The lowest BCUT2D eigenvalue weighted by Crippen LogP contribution is -2.05. The summed E-state index contributed by atoms with van der Waals surface area (Å²) in [7, 11) is 0. The first-order chi connectivity index (χ1) is 56.1. The van der Waals surface area contributed by atoms with Crippen molar-refractivity contribution in [2.24, 2.45) is 0 Å². The Morgan fingerprint density at radius 2 is 0.610 bits per heavy atom. The highest BCUT2D eigenvalue weighted by molar-refractivity contribution is 6.32. The van der Waals surface area contributed by atoms with Crippen LogP contribution in [-0.4, -0.2) is 142 Å². The minimum Gasteiger partial charge on any atom is -0.507 e. The van der Waals surface area contributed by atoms with E-state index in [1.807, 2.05) is 20.8 Å². The molecule has 0 aliphatic rings. The number of pyridine rings is 2. The quantitative estimate of drug-likeness (QED) is 0.0505. The number of aromatic hydroxyl groups is 11. The summed E-state index contributed by atoms with van der Waals surface area (Å²) < 4.78 is 24.6. The summed E-state index contributed by atoms with van der Waals surface area (Å²) in [6, 6.07) is 48.7. The van der Waals surface area contributed by atoms with E-state index >= 15 is 0 Å². The third-order valence-corrected chi connectivity index (χ3v) is 15.1. The molecule has 0 atom stereocenters. The van der Waals surface area contributed by atoms with Crippen molar-refractivity contribution in [2.75, 3.05) is 0 Å². The van der Waals surface area contributed by atoms with Crippen LogP contribution in [0.2, 0.25) is 10.0 Å². The van der Waals surface area contributed by atoms with Crippen LogP contribution in [0, 0.1) is 53.2 Å². The second-order valence-electron chi connectivity index (χ2n) is 23.3. The Bertz CT molecular complexity index is 4780. The molecule has 0 saturated heterocycles. The highest BCUT2D eigenvalue weighted by Crippen LogP contribution is 2.27. The molecule has 0 radical (unpaired) electrons. The summed E-state index contributed by atoms with van der Waals surface area (Å²) in [5.74, 6) is -2.15. The number of hydrogen-bond acceptors (Lipinski definition) is 25. The molecule has 26 nitrogen and oxygen atoms in total. The van der Waals surface area contributed by atoms with E-state index in [0.717, 1.165) is 51.6 Å². The molecule has 0 amide bonds. The van der Waals surface area contributed by atoms with E-state index < -0.39 is 17.4 Å². The van der Waals surface area contributed by atoms with Crippen LogP contribution in [0.5, 0.6) is 63.2 Å². The van der Waals surface area contributed by atoms with Crippen molar-refractivity contribution in [3.63, 3.8) is 0 Å². The summed E-state index contributed by atoms with van der Waals surface area (Å²) in [4.78, 5) is 138. The summed E-state index contributed by atoms with van der Waals surface area (Å²) in [6.45, 7) is 10.8. The number of aromatic nitrogens is 2. The lowest BCUT2D eigenvalue weighted by Gasteiger charge is -1.98. The standard InChI is InChI=1S/6C8H8O2.2C7H5ClO2.2C7H5FO2.2C6H5NO2/c3*1-6-2-3-7(5-9)8(10)4-6;3*1-6-3-2-4-7(5-9)8(6)10;8-6-2-1-5(4-9)7(10)3-6;8-6-3-1-2-5(4-9)7(6)10;8-6-2-1-5(4-9)7(10)3-6;8-6-3-1-2-5(4-9)7(6)10;8-4-5-3-7-2-1-6(5)9;8-4-5-1-2-7-3-6(5)9/h6*2-5,10H,1H3;4*1-4,10H;1-4H,(H,7,9);1-4,9H. The molecule has 0 bridgehead atoms. The second-order valence-corrected chi connectivity index (χ2v) is 24.1. The van der Waals surface area contributed by atoms with Crippen LogP contribution < -0.4 is 5.43 Å². The Kier molecular flexibility index (Phi) is 47.0. The van der Waals surface area contributed by atoms with Crippen LogP contribution >= 0.6 is 23.2 Å². The second kappa shape index (κ2) is 55.1. The fourth-order valence-corrected chi connectivity index (χ4v) is 8.44. The zero-order valence-corrected chi connectivity index (χ0v) is 64.9. The van der Waals surface area contributed by atoms with Gasteiger partial charge in [-0.1, -0.05) is 89.9 Å². The van der Waals surface area contributed by atoms with E-state index in [0.29, 0.717) is 114 Å². The number of halogens is 4. The van der Waals surface area contributed by atoms with E-state index in [4.69, 9.17) is 79.4 Å². The number of carbonyl (C=O) groups is 12. The Morgan fingerprint density at radius 3 is 0.898 bits per heavy atom. The van der Waals surface area contributed by atoms with Gasteiger partial charge < -0.3 is 61.2 Å². The van der Waals surface area contributed by atoms with Crippen LogP contribution in [0.25, 0.3) is 0 Å². The van der Waals surface area contributed by atoms with Gasteiger partial charge in [-0.25, -0.2) is 8.78 Å². The van der Waals surface area contributed by atoms with Crippen molar-refractivity contribution in [1.82, 2.24) is 9.97 Å². The zero-order valence-electron chi connectivity index (χ0n) is 63.4. The van der Waals surface area contributed by atoms with E-state index in [-0.39, 0.29) is 101 Å².